The Kier molecular flexibility index (Phi) is 9.75. The maximum Gasteiger partial charge on any atom is 0.339 e. The first-order valence-electron chi connectivity index (χ1n) is 15.5. The van der Waals surface area contributed by atoms with Crippen LogP contribution in [0.3, 0.4) is 0 Å². The van der Waals surface area contributed by atoms with Gasteiger partial charge in [-0.25, -0.2) is 19.2 Å². The van der Waals surface area contributed by atoms with Gasteiger partial charge < -0.3 is 24.2 Å². The van der Waals surface area contributed by atoms with Gasteiger partial charge in [0, 0.05) is 37.4 Å². The number of ether oxygens (including phenoxy) is 2. The Labute approximate surface area is 266 Å². The van der Waals surface area contributed by atoms with Crippen molar-refractivity contribution in [1.82, 2.24) is 14.9 Å². The number of fused-ring (bicyclic) bond motifs is 1. The summed E-state index contributed by atoms with van der Waals surface area (Å²) in [4.78, 5) is 41.6. The van der Waals surface area contributed by atoms with Crippen LogP contribution >= 0.6 is 0 Å². The lowest BCUT2D eigenvalue weighted by Gasteiger charge is -2.47. The van der Waals surface area contributed by atoms with E-state index in [9.17, 15) is 14.0 Å². The molecule has 0 aliphatic carbocycles. The zero-order valence-electron chi connectivity index (χ0n) is 28.2. The largest absolute Gasteiger partial charge is 0.469 e. The summed E-state index contributed by atoms with van der Waals surface area (Å²) in [7, 11) is 1.36. The molecule has 0 bridgehead atoms. The van der Waals surface area contributed by atoms with Gasteiger partial charge in [0.15, 0.2) is 0 Å². The Morgan fingerprint density at radius 3 is 2.24 bits per heavy atom. The Bertz CT molecular complexity index is 1570. The molecular weight excluding hydrogens is 573 g/mol. The highest BCUT2D eigenvalue weighted by molar-refractivity contribution is 5.94. The van der Waals surface area contributed by atoms with Crippen LogP contribution in [0.2, 0.25) is 0 Å². The summed E-state index contributed by atoms with van der Waals surface area (Å²) < 4.78 is 25.6. The van der Waals surface area contributed by atoms with E-state index in [1.54, 1.807) is 32.0 Å². The van der Waals surface area contributed by atoms with Crippen molar-refractivity contribution in [3.05, 3.63) is 75.9 Å². The summed E-state index contributed by atoms with van der Waals surface area (Å²) in [6.07, 6.45) is 0. The summed E-state index contributed by atoms with van der Waals surface area (Å²) in [5.41, 5.74) is 3.26. The van der Waals surface area contributed by atoms with Crippen molar-refractivity contribution in [1.29, 1.82) is 0 Å². The van der Waals surface area contributed by atoms with E-state index in [0.29, 0.717) is 61.1 Å². The van der Waals surface area contributed by atoms with Crippen molar-refractivity contribution < 1.29 is 23.5 Å². The lowest BCUT2D eigenvalue weighted by atomic mass is 9.97. The van der Waals surface area contributed by atoms with Gasteiger partial charge in [-0.1, -0.05) is 19.9 Å². The van der Waals surface area contributed by atoms with Gasteiger partial charge >= 0.3 is 5.97 Å². The topological polar surface area (TPSA) is 88.1 Å². The molecule has 0 N–H and O–H groups in total. The van der Waals surface area contributed by atoms with Crippen LogP contribution in [-0.4, -0.2) is 71.2 Å². The number of esters is 1. The number of carbonyl (C=O) groups excluding carboxylic acids is 2. The fraction of sp³-hybridized carbons (Fsp3) is 0.486. The number of carbonyl (C=O) groups is 2. The van der Waals surface area contributed by atoms with E-state index in [1.807, 2.05) is 71.6 Å². The van der Waals surface area contributed by atoms with E-state index in [4.69, 9.17) is 19.4 Å². The van der Waals surface area contributed by atoms with E-state index in [-0.39, 0.29) is 11.7 Å². The third-order valence-corrected chi connectivity index (χ3v) is 8.23. The molecule has 0 atom stereocenters. The number of aromatic nitrogens is 2. The monoisotopic (exact) mass is 619 g/mol. The first-order valence-corrected chi connectivity index (χ1v) is 15.5. The van der Waals surface area contributed by atoms with E-state index in [1.165, 1.54) is 7.11 Å². The van der Waals surface area contributed by atoms with Gasteiger partial charge in [0.1, 0.15) is 22.9 Å². The molecule has 242 valence electrons. The number of hydrogen-bond acceptors (Lipinski definition) is 8. The molecule has 1 aromatic carbocycles. The molecule has 1 saturated heterocycles. The van der Waals surface area contributed by atoms with Crippen molar-refractivity contribution in [2.75, 3.05) is 43.1 Å². The molecule has 1 fully saturated rings. The van der Waals surface area contributed by atoms with Crippen LogP contribution in [0.4, 0.5) is 15.9 Å². The standard InChI is InChI=1S/C33H40FN5O4.C2H6/c1-20-9-11-24(16-25(20)34)38-17-23-10-12-26(36-29(23)43-33(6,7)19-38)30(40)39-14-13-37(18-32(39,4)5)27-15-21(2)28(22(3)35-27)31(41)42-8;1-2/h9-12,15-16H,13-14,17-19H2,1-8H3;1-2H3. The average Bonchev–Trinajstić information content (AvgIpc) is 3.12. The van der Waals surface area contributed by atoms with Crippen molar-refractivity contribution in [3.63, 3.8) is 0 Å². The molecule has 10 heteroatoms. The number of piperazine rings is 1. The molecule has 45 heavy (non-hydrogen) atoms. The molecule has 2 aliphatic heterocycles. The van der Waals surface area contributed by atoms with Crippen molar-refractivity contribution in [3.8, 4) is 5.88 Å². The maximum atomic E-state index is 14.4. The van der Waals surface area contributed by atoms with Crippen LogP contribution in [-0.2, 0) is 11.3 Å². The fourth-order valence-electron chi connectivity index (χ4n) is 6.02. The van der Waals surface area contributed by atoms with E-state index < -0.39 is 17.1 Å². The molecule has 0 spiro atoms. The quantitative estimate of drug-likeness (QED) is 0.316. The number of halogens is 1. The van der Waals surface area contributed by atoms with Crippen LogP contribution in [0.1, 0.15) is 84.8 Å². The van der Waals surface area contributed by atoms with Crippen molar-refractivity contribution in [2.24, 2.45) is 0 Å². The number of hydrogen-bond donors (Lipinski definition) is 0. The Morgan fingerprint density at radius 1 is 0.911 bits per heavy atom. The van der Waals surface area contributed by atoms with Gasteiger partial charge in [0.25, 0.3) is 5.91 Å². The van der Waals surface area contributed by atoms with E-state index in [0.717, 1.165) is 22.6 Å². The van der Waals surface area contributed by atoms with E-state index >= 15 is 0 Å². The number of rotatable bonds is 4. The van der Waals surface area contributed by atoms with Crippen molar-refractivity contribution >= 4 is 23.4 Å². The second-order valence-corrected chi connectivity index (χ2v) is 12.8. The van der Waals surface area contributed by atoms with Gasteiger partial charge in [0.2, 0.25) is 5.88 Å². The summed E-state index contributed by atoms with van der Waals surface area (Å²) in [5.74, 6) is 0.365. The minimum atomic E-state index is -0.626. The van der Waals surface area contributed by atoms with Gasteiger partial charge in [-0.2, -0.15) is 0 Å². The Morgan fingerprint density at radius 2 is 1.62 bits per heavy atom. The highest BCUT2D eigenvalue weighted by Gasteiger charge is 2.39. The predicted octanol–water partition coefficient (Wildman–Crippen LogP) is 6.27. The molecule has 0 unspecified atom stereocenters. The van der Waals surface area contributed by atoms with Gasteiger partial charge in [-0.3, -0.25) is 4.79 Å². The van der Waals surface area contributed by atoms with Crippen LogP contribution < -0.4 is 14.5 Å². The highest BCUT2D eigenvalue weighted by atomic mass is 19.1. The van der Waals surface area contributed by atoms with Crippen LogP contribution in [0.15, 0.2) is 36.4 Å². The van der Waals surface area contributed by atoms with Crippen molar-refractivity contribution in [2.45, 2.75) is 80.0 Å². The summed E-state index contributed by atoms with van der Waals surface area (Å²) in [6, 6.07) is 10.8. The minimum Gasteiger partial charge on any atom is -0.469 e. The number of aryl methyl sites for hydroxylation is 3. The number of methoxy groups -OCH3 is 1. The molecule has 9 nitrogen and oxygen atoms in total. The molecule has 5 rings (SSSR count). The van der Waals surface area contributed by atoms with Gasteiger partial charge in [-0.05, 0) is 89.9 Å². The Balaban J connectivity index is 0.00000226. The SMILES string of the molecule is CC.COC(=O)c1c(C)cc(N2CCN(C(=O)c3ccc4c(n3)OC(C)(C)CN(c3ccc(C)c(F)c3)C4)C(C)(C)C2)nc1C. The van der Waals surface area contributed by atoms with Gasteiger partial charge in [0.05, 0.1) is 30.5 Å². The zero-order valence-corrected chi connectivity index (χ0v) is 28.2. The number of anilines is 2. The first-order chi connectivity index (χ1) is 21.2. The number of pyridine rings is 2. The summed E-state index contributed by atoms with van der Waals surface area (Å²) >= 11 is 0. The lowest BCUT2D eigenvalue weighted by Crippen LogP contribution is -2.61. The third-order valence-electron chi connectivity index (χ3n) is 8.23. The fourth-order valence-corrected chi connectivity index (χ4v) is 6.02. The van der Waals surface area contributed by atoms with E-state index in [2.05, 4.69) is 9.80 Å². The third kappa shape index (κ3) is 7.05. The number of amides is 1. The summed E-state index contributed by atoms with van der Waals surface area (Å²) in [6.45, 7) is 20.0. The minimum absolute atomic E-state index is 0.170. The second-order valence-electron chi connectivity index (χ2n) is 12.8. The highest BCUT2D eigenvalue weighted by Crippen LogP contribution is 2.33. The molecule has 3 aromatic rings. The molecule has 2 aliphatic rings. The molecular formula is C35H46FN5O4. The Hall–Kier alpha value is -4.21. The summed E-state index contributed by atoms with van der Waals surface area (Å²) in [5, 5.41) is 0. The first kappa shape index (κ1) is 33.7. The maximum absolute atomic E-state index is 14.4. The van der Waals surface area contributed by atoms with Crippen LogP contribution in [0, 0.1) is 26.6 Å². The lowest BCUT2D eigenvalue weighted by molar-refractivity contribution is 0.0502. The average molecular weight is 620 g/mol. The van der Waals surface area contributed by atoms with Gasteiger partial charge in [-0.15, -0.1) is 0 Å². The molecule has 2 aromatic heterocycles. The second kappa shape index (κ2) is 13.0. The molecule has 0 radical (unpaired) electrons. The zero-order chi connectivity index (χ0) is 33.3. The smallest absolute Gasteiger partial charge is 0.339 e. The van der Waals surface area contributed by atoms with Crippen LogP contribution in [0.5, 0.6) is 5.88 Å². The normalized spacial score (nSPS) is 16.9. The van der Waals surface area contributed by atoms with Crippen LogP contribution in [0.25, 0.3) is 0 Å². The molecule has 0 saturated carbocycles. The number of benzene rings is 1. The molecule has 4 heterocycles. The molecule has 1 amide bonds. The number of nitrogens with zero attached hydrogens (tertiary/aromatic N) is 5. The predicted molar refractivity (Wildman–Crippen MR) is 175 cm³/mol.